The molecule has 0 nitrogen and oxygen atoms in total. The van der Waals surface area contributed by atoms with Gasteiger partial charge in [0.2, 0.25) is 0 Å². The van der Waals surface area contributed by atoms with E-state index in [2.05, 4.69) is 13.8 Å². The van der Waals surface area contributed by atoms with Crippen molar-refractivity contribution in [1.29, 1.82) is 0 Å². The van der Waals surface area contributed by atoms with Gasteiger partial charge in [0.1, 0.15) is 0 Å². The van der Waals surface area contributed by atoms with Crippen LogP contribution in [0.1, 0.15) is 52.4 Å². The minimum absolute atomic E-state index is 0. The van der Waals surface area contributed by atoms with Crippen LogP contribution in [-0.4, -0.2) is 0 Å². The van der Waals surface area contributed by atoms with E-state index in [1.54, 1.807) is 0 Å². The van der Waals surface area contributed by atoms with E-state index in [1.165, 1.54) is 38.5 Å². The fourth-order valence-electron chi connectivity index (χ4n) is 0.854. The van der Waals surface area contributed by atoms with Crippen LogP contribution < -0.4 is 67.9 Å². The Morgan fingerprint density at radius 2 is 0.769 bits per heavy atom. The van der Waals surface area contributed by atoms with E-state index in [0.29, 0.717) is 0 Å². The van der Waals surface area contributed by atoms with Crippen molar-refractivity contribution in [3.8, 4) is 0 Å². The molecule has 0 atom stereocenters. The van der Waals surface area contributed by atoms with Crippen LogP contribution in [0.15, 0.2) is 0 Å². The van der Waals surface area contributed by atoms with Gasteiger partial charge in [-0.1, -0.05) is 52.4 Å². The Bertz CT molecular complexity index is 36.6. The Kier molecular flexibility index (Phi) is 104. The van der Waals surface area contributed by atoms with Crippen molar-refractivity contribution in [1.82, 2.24) is 0 Å². The standard InChI is InChI=1S/C8H18.C.4BrH/c1-3-5-7-8-6-4-2;;;;;/h3-8H2,1-2H3;;4*1H/q;+4;;;;/p-4. The Morgan fingerprint density at radius 1 is 0.538 bits per heavy atom. The molecule has 82 valence electrons. The molecule has 0 saturated carbocycles. The van der Waals surface area contributed by atoms with Gasteiger partial charge in [-0.25, -0.2) is 0 Å². The number of hydrogen-bond donors (Lipinski definition) is 0. The molecule has 13 heavy (non-hydrogen) atoms. The predicted octanol–water partition coefficient (Wildman–Crippen LogP) is -8.54. The largest absolute Gasteiger partial charge is 4.00 e. The van der Waals surface area contributed by atoms with Crippen molar-refractivity contribution in [2.75, 3.05) is 0 Å². The normalized spacial score (nSPS) is 6.00. The first-order valence-corrected chi connectivity index (χ1v) is 3.91. The Labute approximate surface area is 127 Å². The molecule has 0 aromatic rings. The minimum atomic E-state index is 0. The third kappa shape index (κ3) is 41.3. The van der Waals surface area contributed by atoms with Gasteiger partial charge in [0, 0.05) is 0 Å². The third-order valence-corrected chi connectivity index (χ3v) is 1.46. The van der Waals surface area contributed by atoms with Crippen LogP contribution in [0.4, 0.5) is 0 Å². The first kappa shape index (κ1) is 36.3. The van der Waals surface area contributed by atoms with E-state index in [9.17, 15) is 0 Å². The van der Waals surface area contributed by atoms with Crippen LogP contribution in [0.2, 0.25) is 0 Å². The molecule has 0 heterocycles. The second kappa shape index (κ2) is 37.0. The van der Waals surface area contributed by atoms with Crippen molar-refractivity contribution >= 4 is 0 Å². The monoisotopic (exact) mass is 442 g/mol. The van der Waals surface area contributed by atoms with Crippen LogP contribution in [0, 0.1) is 7.43 Å². The second-order valence-electron chi connectivity index (χ2n) is 2.41. The average molecular weight is 446 g/mol. The van der Waals surface area contributed by atoms with Crippen molar-refractivity contribution in [3.63, 3.8) is 0 Å². The van der Waals surface area contributed by atoms with E-state index in [0.717, 1.165) is 0 Å². The molecule has 0 fully saturated rings. The molecule has 0 aliphatic carbocycles. The molecule has 0 bridgehead atoms. The summed E-state index contributed by atoms with van der Waals surface area (Å²) in [5.74, 6) is 0. The Morgan fingerprint density at radius 3 is 0.923 bits per heavy atom. The van der Waals surface area contributed by atoms with E-state index in [-0.39, 0.29) is 75.4 Å². The summed E-state index contributed by atoms with van der Waals surface area (Å²) in [6, 6.07) is 0. The van der Waals surface area contributed by atoms with E-state index in [4.69, 9.17) is 0 Å². The van der Waals surface area contributed by atoms with E-state index in [1.807, 2.05) is 0 Å². The predicted molar refractivity (Wildman–Crippen MR) is 42.3 cm³/mol. The van der Waals surface area contributed by atoms with Crippen LogP contribution in [0.3, 0.4) is 0 Å². The van der Waals surface area contributed by atoms with Gasteiger partial charge in [-0.3, -0.25) is 0 Å². The van der Waals surface area contributed by atoms with Crippen molar-refractivity contribution in [2.24, 2.45) is 0 Å². The number of unbranched alkanes of at least 4 members (excludes halogenated alkanes) is 5. The molecular formula is C9H18Br4. The molecule has 4 heteroatoms. The molecule has 0 spiro atoms. The summed E-state index contributed by atoms with van der Waals surface area (Å²) in [4.78, 5) is 0. The maximum atomic E-state index is 2.26. The molecule has 0 saturated heterocycles. The Balaban J connectivity index is -0.0000000245. The summed E-state index contributed by atoms with van der Waals surface area (Å²) in [7, 11) is 0. The summed E-state index contributed by atoms with van der Waals surface area (Å²) in [6.45, 7) is 4.51. The Hall–Kier alpha value is 1.92. The van der Waals surface area contributed by atoms with Crippen LogP contribution >= 0.6 is 0 Å². The fourth-order valence-corrected chi connectivity index (χ4v) is 0.854. The molecular weight excluding hydrogens is 428 g/mol. The summed E-state index contributed by atoms with van der Waals surface area (Å²) in [6.07, 6.45) is 8.49. The zero-order chi connectivity index (χ0) is 6.24. The molecule has 0 amide bonds. The number of hydrogen-bond acceptors (Lipinski definition) is 0. The van der Waals surface area contributed by atoms with Crippen molar-refractivity contribution < 1.29 is 67.9 Å². The second-order valence-corrected chi connectivity index (χ2v) is 2.41. The van der Waals surface area contributed by atoms with Gasteiger partial charge < -0.3 is 67.9 Å². The van der Waals surface area contributed by atoms with Gasteiger partial charge in [0.05, 0.1) is 0 Å². The SMILES string of the molecule is CCCCCCCC.[Br-].[Br-].[Br-].[Br-].[C+4]. The molecule has 0 radical (unpaired) electrons. The first-order valence-electron chi connectivity index (χ1n) is 3.91. The van der Waals surface area contributed by atoms with E-state index < -0.39 is 0 Å². The van der Waals surface area contributed by atoms with Crippen molar-refractivity contribution in [3.05, 3.63) is 7.43 Å². The number of rotatable bonds is 5. The fraction of sp³-hybridized carbons (Fsp3) is 0.889. The summed E-state index contributed by atoms with van der Waals surface area (Å²) >= 11 is 0. The summed E-state index contributed by atoms with van der Waals surface area (Å²) in [5, 5.41) is 0. The molecule has 0 aromatic heterocycles. The minimum Gasteiger partial charge on any atom is -1.00 e. The van der Waals surface area contributed by atoms with Gasteiger partial charge >= 0.3 is 7.43 Å². The zero-order valence-electron chi connectivity index (χ0n) is 8.25. The first-order chi connectivity index (χ1) is 3.91. The molecule has 0 aromatic carbocycles. The maximum absolute atomic E-state index is 2.26. The summed E-state index contributed by atoms with van der Waals surface area (Å²) in [5.41, 5.74) is 0. The molecule has 0 unspecified atom stereocenters. The molecule has 0 N–H and O–H groups in total. The molecule has 0 aliphatic rings. The van der Waals surface area contributed by atoms with Gasteiger partial charge in [0.25, 0.3) is 0 Å². The number of halogens is 4. The van der Waals surface area contributed by atoms with Gasteiger partial charge in [-0.05, 0) is 0 Å². The third-order valence-electron chi connectivity index (χ3n) is 1.46. The topological polar surface area (TPSA) is 0 Å². The van der Waals surface area contributed by atoms with Crippen LogP contribution in [0.5, 0.6) is 0 Å². The molecule has 0 rings (SSSR count). The van der Waals surface area contributed by atoms with E-state index >= 15 is 0 Å². The average Bonchev–Trinajstić information content (AvgIpc) is 1.81. The van der Waals surface area contributed by atoms with Crippen LogP contribution in [0.25, 0.3) is 0 Å². The molecule has 0 aliphatic heterocycles. The smallest absolute Gasteiger partial charge is 1.00 e. The quantitative estimate of drug-likeness (QED) is 0.369. The van der Waals surface area contributed by atoms with Gasteiger partial charge in [-0.15, -0.1) is 0 Å². The maximum Gasteiger partial charge on any atom is 4.00 e. The zero-order valence-corrected chi connectivity index (χ0v) is 14.6. The van der Waals surface area contributed by atoms with Gasteiger partial charge in [-0.2, -0.15) is 0 Å². The van der Waals surface area contributed by atoms with Crippen LogP contribution in [-0.2, 0) is 0 Å². The van der Waals surface area contributed by atoms with Crippen molar-refractivity contribution in [2.45, 2.75) is 52.4 Å². The summed E-state index contributed by atoms with van der Waals surface area (Å²) < 4.78 is 0. The van der Waals surface area contributed by atoms with Gasteiger partial charge in [0.15, 0.2) is 0 Å².